The summed E-state index contributed by atoms with van der Waals surface area (Å²) in [6, 6.07) is 9.74. The lowest BCUT2D eigenvalue weighted by Crippen LogP contribution is -2.14. The molecule has 0 fully saturated rings. The third-order valence-corrected chi connectivity index (χ3v) is 4.22. The summed E-state index contributed by atoms with van der Waals surface area (Å²) in [5.41, 5.74) is 2.42. The largest absolute Gasteiger partial charge is 0.313 e. The second-order valence-corrected chi connectivity index (χ2v) is 6.06. The Hall–Kier alpha value is -1.39. The number of benzene rings is 2. The summed E-state index contributed by atoms with van der Waals surface area (Å²) < 4.78 is 26.5. The minimum atomic E-state index is -0.551. The van der Waals surface area contributed by atoms with Crippen LogP contribution in [0.15, 0.2) is 46.2 Å². The minimum absolute atomic E-state index is 0.438. The molecule has 2 rings (SSSR count). The molecule has 0 aliphatic rings. The van der Waals surface area contributed by atoms with Crippen molar-refractivity contribution >= 4 is 11.8 Å². The molecule has 0 aliphatic carbocycles. The van der Waals surface area contributed by atoms with Crippen molar-refractivity contribution in [3.05, 3.63) is 59.2 Å². The van der Waals surface area contributed by atoms with Gasteiger partial charge < -0.3 is 5.32 Å². The molecule has 2 aromatic rings. The molecule has 1 N–H and O–H groups in total. The quantitative estimate of drug-likeness (QED) is 0.760. The van der Waals surface area contributed by atoms with E-state index in [1.165, 1.54) is 35.0 Å². The SMILES string of the molecule is CCCNCc1ccc(Sc2ccc(F)cc2F)cc1C. The lowest BCUT2D eigenvalue weighted by molar-refractivity contribution is 0.565. The number of nitrogens with one attached hydrogen (secondary N) is 1. The fourth-order valence-electron chi connectivity index (χ4n) is 2.01. The van der Waals surface area contributed by atoms with Crippen molar-refractivity contribution in [3.63, 3.8) is 0 Å². The van der Waals surface area contributed by atoms with E-state index in [1.807, 2.05) is 19.1 Å². The van der Waals surface area contributed by atoms with Crippen LogP contribution in [0.4, 0.5) is 8.78 Å². The first-order valence-electron chi connectivity index (χ1n) is 7.03. The lowest BCUT2D eigenvalue weighted by Gasteiger charge is -2.10. The molecule has 0 amide bonds. The van der Waals surface area contributed by atoms with Crippen LogP contribution >= 0.6 is 11.8 Å². The summed E-state index contributed by atoms with van der Waals surface area (Å²) in [5.74, 6) is -1.07. The lowest BCUT2D eigenvalue weighted by atomic mass is 10.1. The van der Waals surface area contributed by atoms with Crippen LogP contribution in [0.1, 0.15) is 24.5 Å². The van der Waals surface area contributed by atoms with Crippen LogP contribution in [0.2, 0.25) is 0 Å². The van der Waals surface area contributed by atoms with Gasteiger partial charge >= 0.3 is 0 Å². The molecule has 21 heavy (non-hydrogen) atoms. The summed E-state index contributed by atoms with van der Waals surface area (Å²) in [7, 11) is 0. The van der Waals surface area contributed by atoms with Crippen LogP contribution in [0.25, 0.3) is 0 Å². The second kappa shape index (κ2) is 7.57. The summed E-state index contributed by atoms with van der Waals surface area (Å²) >= 11 is 1.31. The molecule has 0 spiro atoms. The maximum absolute atomic E-state index is 13.7. The number of rotatable bonds is 6. The Labute approximate surface area is 128 Å². The zero-order chi connectivity index (χ0) is 15.2. The molecule has 4 heteroatoms. The van der Waals surface area contributed by atoms with Crippen molar-refractivity contribution in [1.29, 1.82) is 0 Å². The van der Waals surface area contributed by atoms with Crippen LogP contribution in [-0.2, 0) is 6.54 Å². The Morgan fingerprint density at radius 1 is 1.10 bits per heavy atom. The Morgan fingerprint density at radius 2 is 1.90 bits per heavy atom. The Morgan fingerprint density at radius 3 is 2.57 bits per heavy atom. The number of hydrogen-bond acceptors (Lipinski definition) is 2. The molecule has 0 saturated carbocycles. The fraction of sp³-hybridized carbons (Fsp3) is 0.294. The Kier molecular flexibility index (Phi) is 5.76. The maximum atomic E-state index is 13.7. The van der Waals surface area contributed by atoms with Gasteiger partial charge in [-0.15, -0.1) is 0 Å². The van der Waals surface area contributed by atoms with E-state index in [2.05, 4.69) is 18.3 Å². The molecule has 0 unspecified atom stereocenters. The Bertz CT molecular complexity index is 614. The molecule has 1 nitrogen and oxygen atoms in total. The second-order valence-electron chi connectivity index (χ2n) is 4.94. The zero-order valence-corrected chi connectivity index (χ0v) is 13.1. The van der Waals surface area contributed by atoms with Crippen LogP contribution in [0.5, 0.6) is 0 Å². The first-order chi connectivity index (χ1) is 10.1. The summed E-state index contributed by atoms with van der Waals surface area (Å²) in [6.45, 7) is 6.02. The van der Waals surface area contributed by atoms with E-state index in [9.17, 15) is 8.78 Å². The maximum Gasteiger partial charge on any atom is 0.140 e. The molecule has 2 aromatic carbocycles. The van der Waals surface area contributed by atoms with Gasteiger partial charge in [0.05, 0.1) is 0 Å². The van der Waals surface area contributed by atoms with Crippen molar-refractivity contribution in [2.75, 3.05) is 6.54 Å². The van der Waals surface area contributed by atoms with Crippen LogP contribution in [0, 0.1) is 18.6 Å². The number of halogens is 2. The highest BCUT2D eigenvalue weighted by molar-refractivity contribution is 7.99. The van der Waals surface area contributed by atoms with Gasteiger partial charge in [0.2, 0.25) is 0 Å². The van der Waals surface area contributed by atoms with Gasteiger partial charge in [0.1, 0.15) is 11.6 Å². The van der Waals surface area contributed by atoms with Gasteiger partial charge in [-0.1, -0.05) is 24.8 Å². The summed E-state index contributed by atoms with van der Waals surface area (Å²) in [5, 5.41) is 3.37. The van der Waals surface area contributed by atoms with E-state index in [1.54, 1.807) is 0 Å². The van der Waals surface area contributed by atoms with E-state index < -0.39 is 11.6 Å². The first kappa shape index (κ1) is 16.0. The third-order valence-electron chi connectivity index (χ3n) is 3.18. The molecule has 0 aromatic heterocycles. The van der Waals surface area contributed by atoms with Gasteiger partial charge in [0, 0.05) is 22.4 Å². The predicted molar refractivity (Wildman–Crippen MR) is 83.7 cm³/mol. The third kappa shape index (κ3) is 4.55. The van der Waals surface area contributed by atoms with E-state index in [0.717, 1.165) is 30.5 Å². The standard InChI is InChI=1S/C17H19F2NS/c1-3-8-20-11-13-4-6-15(9-12(13)2)21-17-7-5-14(18)10-16(17)19/h4-7,9-10,20H,3,8,11H2,1-2H3. The Balaban J connectivity index is 2.09. The molecule has 112 valence electrons. The van der Waals surface area contributed by atoms with Crippen LogP contribution in [-0.4, -0.2) is 6.54 Å². The minimum Gasteiger partial charge on any atom is -0.313 e. The van der Waals surface area contributed by atoms with Crippen molar-refractivity contribution in [3.8, 4) is 0 Å². The highest BCUT2D eigenvalue weighted by Gasteiger charge is 2.07. The first-order valence-corrected chi connectivity index (χ1v) is 7.85. The predicted octanol–water partition coefficient (Wildman–Crippen LogP) is 4.92. The molecule has 0 aliphatic heterocycles. The summed E-state index contributed by atoms with van der Waals surface area (Å²) in [6.07, 6.45) is 1.11. The van der Waals surface area contributed by atoms with Crippen molar-refractivity contribution in [1.82, 2.24) is 5.32 Å². The average molecular weight is 307 g/mol. The van der Waals surface area contributed by atoms with E-state index in [-0.39, 0.29) is 0 Å². The van der Waals surface area contributed by atoms with Gasteiger partial charge in [-0.25, -0.2) is 8.78 Å². The van der Waals surface area contributed by atoms with Gasteiger partial charge in [-0.2, -0.15) is 0 Å². The molecule has 0 atom stereocenters. The molecule has 0 saturated heterocycles. The molecular weight excluding hydrogens is 288 g/mol. The van der Waals surface area contributed by atoms with Crippen LogP contribution < -0.4 is 5.32 Å². The van der Waals surface area contributed by atoms with Crippen molar-refractivity contribution in [2.45, 2.75) is 36.6 Å². The van der Waals surface area contributed by atoms with Crippen molar-refractivity contribution < 1.29 is 8.78 Å². The molecule has 0 heterocycles. The average Bonchev–Trinajstić information content (AvgIpc) is 2.44. The molecule has 0 radical (unpaired) electrons. The van der Waals surface area contributed by atoms with Gasteiger partial charge in [0.15, 0.2) is 0 Å². The van der Waals surface area contributed by atoms with Gasteiger partial charge in [-0.05, 0) is 55.3 Å². The number of hydrogen-bond donors (Lipinski definition) is 1. The molecule has 0 bridgehead atoms. The molecular formula is C17H19F2NS. The highest BCUT2D eigenvalue weighted by atomic mass is 32.2. The fourth-order valence-corrected chi connectivity index (χ4v) is 2.93. The smallest absolute Gasteiger partial charge is 0.140 e. The van der Waals surface area contributed by atoms with Crippen LogP contribution in [0.3, 0.4) is 0 Å². The number of aryl methyl sites for hydroxylation is 1. The van der Waals surface area contributed by atoms with Gasteiger partial charge in [-0.3, -0.25) is 0 Å². The van der Waals surface area contributed by atoms with Gasteiger partial charge in [0.25, 0.3) is 0 Å². The zero-order valence-electron chi connectivity index (χ0n) is 12.2. The summed E-state index contributed by atoms with van der Waals surface area (Å²) in [4.78, 5) is 1.39. The monoisotopic (exact) mass is 307 g/mol. The van der Waals surface area contributed by atoms with E-state index >= 15 is 0 Å². The van der Waals surface area contributed by atoms with E-state index in [4.69, 9.17) is 0 Å². The van der Waals surface area contributed by atoms with Crippen molar-refractivity contribution in [2.24, 2.45) is 0 Å². The topological polar surface area (TPSA) is 12.0 Å². The highest BCUT2D eigenvalue weighted by Crippen LogP contribution is 2.31. The normalized spacial score (nSPS) is 10.9. The van der Waals surface area contributed by atoms with E-state index in [0.29, 0.717) is 4.90 Å².